The maximum Gasteiger partial charge on any atom is 0.373 e. The molecule has 0 spiro atoms. The summed E-state index contributed by atoms with van der Waals surface area (Å²) in [5.41, 5.74) is 0.310. The predicted octanol–water partition coefficient (Wildman–Crippen LogP) is 4.92. The molecule has 0 fully saturated rings. The number of aromatic nitrogens is 2. The number of halogens is 1. The molecule has 1 atom stereocenters. The molecular formula is C21H17ClN2O5S. The van der Waals surface area contributed by atoms with E-state index in [1.165, 1.54) is 18.9 Å². The van der Waals surface area contributed by atoms with Gasteiger partial charge >= 0.3 is 5.97 Å². The van der Waals surface area contributed by atoms with Crippen LogP contribution in [0.2, 0.25) is 5.02 Å². The number of carbonyl (C=O) groups excluding carboxylic acids is 1. The molecule has 0 aliphatic rings. The van der Waals surface area contributed by atoms with E-state index in [0.29, 0.717) is 32.6 Å². The summed E-state index contributed by atoms with van der Waals surface area (Å²) in [5, 5.41) is 1.22. The van der Waals surface area contributed by atoms with Crippen molar-refractivity contribution in [3.05, 3.63) is 81.4 Å². The number of benzene rings is 1. The molecule has 0 bridgehead atoms. The summed E-state index contributed by atoms with van der Waals surface area (Å²) >= 11 is 7.43. The van der Waals surface area contributed by atoms with Gasteiger partial charge < -0.3 is 13.6 Å². The van der Waals surface area contributed by atoms with Crippen molar-refractivity contribution in [1.82, 2.24) is 9.55 Å². The highest BCUT2D eigenvalue weighted by molar-refractivity contribution is 7.99. The minimum Gasteiger partial charge on any atom is -0.467 e. The lowest BCUT2D eigenvalue weighted by Crippen LogP contribution is -2.24. The lowest BCUT2D eigenvalue weighted by Gasteiger charge is -2.15. The van der Waals surface area contributed by atoms with Crippen LogP contribution in [0.1, 0.15) is 34.2 Å². The smallest absolute Gasteiger partial charge is 0.373 e. The van der Waals surface area contributed by atoms with E-state index in [2.05, 4.69) is 9.72 Å². The number of hydrogen-bond acceptors (Lipinski definition) is 7. The maximum absolute atomic E-state index is 13.2. The van der Waals surface area contributed by atoms with Gasteiger partial charge in [0.1, 0.15) is 11.5 Å². The third kappa shape index (κ3) is 4.01. The molecule has 0 amide bonds. The van der Waals surface area contributed by atoms with Crippen molar-refractivity contribution in [1.29, 1.82) is 0 Å². The Morgan fingerprint density at radius 1 is 1.30 bits per heavy atom. The lowest BCUT2D eigenvalue weighted by atomic mass is 10.2. The van der Waals surface area contributed by atoms with Crippen LogP contribution < -0.4 is 5.56 Å². The number of fused-ring (bicyclic) bond motifs is 1. The van der Waals surface area contributed by atoms with Crippen molar-refractivity contribution < 1.29 is 18.4 Å². The van der Waals surface area contributed by atoms with Gasteiger partial charge in [0.25, 0.3) is 5.56 Å². The zero-order valence-corrected chi connectivity index (χ0v) is 17.7. The van der Waals surface area contributed by atoms with E-state index >= 15 is 0 Å². The van der Waals surface area contributed by atoms with Crippen LogP contribution in [0.5, 0.6) is 0 Å². The average molecular weight is 445 g/mol. The van der Waals surface area contributed by atoms with E-state index in [9.17, 15) is 9.59 Å². The summed E-state index contributed by atoms with van der Waals surface area (Å²) < 4.78 is 17.3. The Kier molecular flexibility index (Phi) is 5.69. The summed E-state index contributed by atoms with van der Waals surface area (Å²) in [6.45, 7) is 2.13. The molecule has 3 aromatic heterocycles. The van der Waals surface area contributed by atoms with Gasteiger partial charge in [0.15, 0.2) is 5.16 Å². The first-order valence-corrected chi connectivity index (χ1v) is 10.3. The fourth-order valence-electron chi connectivity index (χ4n) is 2.96. The molecule has 3 heterocycles. The molecule has 0 saturated carbocycles. The van der Waals surface area contributed by atoms with Crippen molar-refractivity contribution in [2.24, 2.45) is 0 Å². The number of rotatable bonds is 6. The highest BCUT2D eigenvalue weighted by Crippen LogP contribution is 2.35. The van der Waals surface area contributed by atoms with Crippen molar-refractivity contribution in [2.75, 3.05) is 7.11 Å². The van der Waals surface area contributed by atoms with Gasteiger partial charge in [-0.3, -0.25) is 9.36 Å². The van der Waals surface area contributed by atoms with Crippen LogP contribution in [0.4, 0.5) is 0 Å². The van der Waals surface area contributed by atoms with Crippen molar-refractivity contribution >= 4 is 40.2 Å². The Hall–Kier alpha value is -2.97. The van der Waals surface area contributed by atoms with Crippen molar-refractivity contribution in [3.63, 3.8) is 0 Å². The molecule has 4 rings (SSSR count). The van der Waals surface area contributed by atoms with Crippen LogP contribution in [0.15, 0.2) is 67.5 Å². The molecule has 1 aromatic carbocycles. The fraction of sp³-hybridized carbons (Fsp3) is 0.190. The van der Waals surface area contributed by atoms with E-state index in [0.717, 1.165) is 0 Å². The second-order valence-corrected chi connectivity index (χ2v) is 8.22. The number of hydrogen-bond donors (Lipinski definition) is 0. The zero-order chi connectivity index (χ0) is 21.3. The van der Waals surface area contributed by atoms with Crippen LogP contribution in [0, 0.1) is 0 Å². The largest absolute Gasteiger partial charge is 0.467 e. The molecule has 0 aliphatic heterocycles. The van der Waals surface area contributed by atoms with Gasteiger partial charge in [-0.2, -0.15) is 0 Å². The third-order valence-electron chi connectivity index (χ3n) is 4.47. The highest BCUT2D eigenvalue weighted by Gasteiger charge is 2.20. The predicted molar refractivity (Wildman–Crippen MR) is 113 cm³/mol. The van der Waals surface area contributed by atoms with E-state index < -0.39 is 5.97 Å². The normalized spacial score (nSPS) is 12.2. The summed E-state index contributed by atoms with van der Waals surface area (Å²) in [6.07, 6.45) is 1.56. The number of carbonyl (C=O) groups is 1. The molecule has 0 aliphatic carbocycles. The highest BCUT2D eigenvalue weighted by atomic mass is 35.5. The molecule has 9 heteroatoms. The molecule has 0 N–H and O–H groups in total. The molecule has 1 unspecified atom stereocenters. The maximum atomic E-state index is 13.2. The number of methoxy groups -OCH3 is 1. The first-order chi connectivity index (χ1) is 14.5. The fourth-order valence-corrected chi connectivity index (χ4v) is 4.11. The molecule has 7 nitrogen and oxygen atoms in total. The molecule has 0 saturated heterocycles. The second kappa shape index (κ2) is 8.41. The van der Waals surface area contributed by atoms with Gasteiger partial charge in [-0.05, 0) is 49.4 Å². The number of esters is 1. The number of ether oxygens (including phenoxy) is 1. The molecule has 0 radical (unpaired) electrons. The van der Waals surface area contributed by atoms with Gasteiger partial charge in [0.2, 0.25) is 5.76 Å². The first-order valence-electron chi connectivity index (χ1n) is 9.03. The molecular weight excluding hydrogens is 428 g/mol. The monoisotopic (exact) mass is 444 g/mol. The van der Waals surface area contributed by atoms with E-state index in [-0.39, 0.29) is 23.1 Å². The van der Waals surface area contributed by atoms with Crippen LogP contribution in [0.25, 0.3) is 10.9 Å². The molecule has 154 valence electrons. The van der Waals surface area contributed by atoms with Crippen LogP contribution in [0.3, 0.4) is 0 Å². The van der Waals surface area contributed by atoms with Crippen LogP contribution >= 0.6 is 23.4 Å². The SMILES string of the molecule is COC(=O)c1ccc(C(C)Sc2nc3cc(Cl)ccc3c(=O)n2Cc2ccco2)o1. The van der Waals surface area contributed by atoms with Crippen LogP contribution in [-0.4, -0.2) is 22.6 Å². The van der Waals surface area contributed by atoms with Gasteiger partial charge in [-0.1, -0.05) is 23.4 Å². The standard InChI is InChI=1S/C21H17ClN2O5S/c1-12(17-7-8-18(29-17)20(26)27-2)30-21-23-16-10-13(22)5-6-15(16)19(25)24(21)11-14-4-3-9-28-14/h3-10,12H,11H2,1-2H3. The first kappa shape index (κ1) is 20.3. The Morgan fingerprint density at radius 2 is 2.13 bits per heavy atom. The quantitative estimate of drug-likeness (QED) is 0.237. The Morgan fingerprint density at radius 3 is 2.87 bits per heavy atom. The molecule has 30 heavy (non-hydrogen) atoms. The summed E-state index contributed by atoms with van der Waals surface area (Å²) in [4.78, 5) is 29.5. The topological polar surface area (TPSA) is 87.5 Å². The van der Waals surface area contributed by atoms with E-state index in [1.54, 1.807) is 53.3 Å². The van der Waals surface area contributed by atoms with Gasteiger partial charge in [0.05, 0.1) is 36.1 Å². The van der Waals surface area contributed by atoms with Gasteiger partial charge in [-0.15, -0.1) is 0 Å². The Balaban J connectivity index is 1.75. The van der Waals surface area contributed by atoms with E-state index in [4.69, 9.17) is 20.4 Å². The van der Waals surface area contributed by atoms with Crippen molar-refractivity contribution in [3.8, 4) is 0 Å². The van der Waals surface area contributed by atoms with E-state index in [1.807, 2.05) is 6.92 Å². The van der Waals surface area contributed by atoms with Crippen LogP contribution in [-0.2, 0) is 11.3 Å². The molecule has 4 aromatic rings. The zero-order valence-electron chi connectivity index (χ0n) is 16.1. The Bertz CT molecular complexity index is 1260. The number of furan rings is 2. The summed E-state index contributed by atoms with van der Waals surface area (Å²) in [5.74, 6) is 0.760. The summed E-state index contributed by atoms with van der Waals surface area (Å²) in [7, 11) is 1.29. The van der Waals surface area contributed by atoms with Gasteiger partial charge in [0, 0.05) is 5.02 Å². The Labute approximate surface area is 180 Å². The second-order valence-electron chi connectivity index (χ2n) is 6.48. The number of nitrogens with zero attached hydrogens (tertiary/aromatic N) is 2. The minimum absolute atomic E-state index is 0.117. The van der Waals surface area contributed by atoms with Gasteiger partial charge in [-0.25, -0.2) is 9.78 Å². The minimum atomic E-state index is -0.549. The third-order valence-corrected chi connectivity index (χ3v) is 5.82. The summed E-state index contributed by atoms with van der Waals surface area (Å²) in [6, 6.07) is 11.8. The average Bonchev–Trinajstić information content (AvgIpc) is 3.42. The van der Waals surface area contributed by atoms with Crippen molar-refractivity contribution in [2.45, 2.75) is 23.9 Å². The lowest BCUT2D eigenvalue weighted by molar-refractivity contribution is 0.0563. The number of thioether (sulfide) groups is 1.